The second-order valence-electron chi connectivity index (χ2n) is 23.4. The van der Waals surface area contributed by atoms with Gasteiger partial charge in [0.25, 0.3) is 5.91 Å². The average Bonchev–Trinajstić information content (AvgIpc) is 0.884. The zero-order chi connectivity index (χ0) is 70.9. The number of carbonyl (C=O) groups excluding carboxylic acids is 6. The molecule has 5 atom stereocenters. The van der Waals surface area contributed by atoms with Crippen LogP contribution in [0.4, 0.5) is 30.0 Å². The Labute approximate surface area is 559 Å². The number of esters is 4. The van der Waals surface area contributed by atoms with Crippen molar-refractivity contribution >= 4 is 43.7 Å². The molecule has 97 heavy (non-hydrogen) atoms. The fourth-order valence-corrected chi connectivity index (χ4v) is 9.62. The van der Waals surface area contributed by atoms with Gasteiger partial charge in [0, 0.05) is 72.2 Å². The SMILES string of the molecule is CC(=O)OC[C@H]1O[C@H]([n+]2ccc(C(=O)NCCCCCCn3cc(CCCCCCN(Cc4ccc5c(c4)OCCOCCOCCOc4ccccc4OCCOCCOCCO5)C(=O)OC(C)(C)C)nn3)cc2)[C@@H](OC(C)=O)[C@@H](OC(C)=O)[C@@H]1OC(C)=O.F[P-](F)(F)(F)(F)F. The van der Waals surface area contributed by atoms with Crippen molar-refractivity contribution in [1.82, 2.24) is 25.2 Å². The summed E-state index contributed by atoms with van der Waals surface area (Å²) in [6.45, 7) is 16.1. The monoisotopic (exact) mass is 1410 g/mol. The first-order chi connectivity index (χ1) is 45.9. The van der Waals surface area contributed by atoms with Crippen LogP contribution in [-0.2, 0) is 86.1 Å². The van der Waals surface area contributed by atoms with Crippen LogP contribution in [0.2, 0.25) is 0 Å². The molecule has 0 spiro atoms. The number of hydrogen-bond acceptors (Lipinski definition) is 22. The Bertz CT molecular complexity index is 3080. The molecule has 0 unspecified atom stereocenters. The number of hydrogen-bond donors (Lipinski definition) is 1. The molecule has 33 heteroatoms. The van der Waals surface area contributed by atoms with E-state index in [2.05, 4.69) is 15.6 Å². The third kappa shape index (κ3) is 34.4. The zero-order valence-corrected chi connectivity index (χ0v) is 56.7. The molecule has 0 aliphatic carbocycles. The molecule has 1 fully saturated rings. The fourth-order valence-electron chi connectivity index (χ4n) is 9.62. The molecule has 6 rings (SSSR count). The number of rotatable bonds is 23. The van der Waals surface area contributed by atoms with Crippen molar-refractivity contribution in [1.29, 1.82) is 0 Å². The number of carbonyl (C=O) groups is 6. The summed E-state index contributed by atoms with van der Waals surface area (Å²) in [6, 6.07) is 16.3. The van der Waals surface area contributed by atoms with Gasteiger partial charge in [0.15, 0.2) is 47.6 Å². The summed E-state index contributed by atoms with van der Waals surface area (Å²) in [5, 5.41) is 11.7. The average molecular weight is 1410 g/mol. The maximum absolute atomic E-state index is 13.6. The number of nitrogens with one attached hydrogen (secondary N) is 1. The van der Waals surface area contributed by atoms with Gasteiger partial charge in [0.1, 0.15) is 44.7 Å². The van der Waals surface area contributed by atoms with E-state index in [1.807, 2.05) is 74.1 Å². The quantitative estimate of drug-likeness (QED) is 0.0180. The third-order valence-electron chi connectivity index (χ3n) is 13.7. The predicted octanol–water partition coefficient (Wildman–Crippen LogP) is 10.0. The van der Waals surface area contributed by atoms with Gasteiger partial charge in [-0.25, -0.2) is 4.79 Å². The number of para-hydroxylation sites is 2. The molecule has 0 bridgehead atoms. The zero-order valence-electron chi connectivity index (χ0n) is 55.8. The number of nitrogens with zero attached hydrogens (tertiary/aromatic N) is 5. The number of ether oxygens (including phenoxy) is 14. The van der Waals surface area contributed by atoms with Crippen molar-refractivity contribution in [3.05, 3.63) is 90.0 Å². The van der Waals surface area contributed by atoms with E-state index in [0.29, 0.717) is 121 Å². The molecule has 2 aromatic heterocycles. The Hall–Kier alpha value is -7.64. The number of aryl methyl sites for hydroxylation is 2. The minimum atomic E-state index is -10.7. The number of aromatic nitrogens is 4. The molecule has 2 aliphatic rings. The fraction of sp³-hybridized carbons (Fsp3) is 0.609. The van der Waals surface area contributed by atoms with E-state index >= 15 is 0 Å². The van der Waals surface area contributed by atoms with Gasteiger partial charge in [-0.05, 0) is 82.7 Å². The molecule has 2 aromatic carbocycles. The number of fused-ring (bicyclic) bond motifs is 2. The second kappa shape index (κ2) is 39.1. The molecule has 544 valence electrons. The Morgan fingerprint density at radius 2 is 1.10 bits per heavy atom. The van der Waals surface area contributed by atoms with Crippen LogP contribution in [0.3, 0.4) is 0 Å². The molecule has 2 amide bonds. The first-order valence-electron chi connectivity index (χ1n) is 31.9. The van der Waals surface area contributed by atoms with Crippen molar-refractivity contribution < 1.29 is 125 Å². The molecule has 4 heterocycles. The molecule has 0 saturated carbocycles. The predicted molar refractivity (Wildman–Crippen MR) is 335 cm³/mol. The van der Waals surface area contributed by atoms with Crippen LogP contribution in [-0.4, -0.2) is 185 Å². The summed E-state index contributed by atoms with van der Waals surface area (Å²) in [6.07, 6.45) is 6.25. The van der Waals surface area contributed by atoms with E-state index in [4.69, 9.17) is 66.3 Å². The van der Waals surface area contributed by atoms with Gasteiger partial charge in [-0.15, -0.1) is 5.10 Å². The van der Waals surface area contributed by atoms with E-state index in [1.54, 1.807) is 17.0 Å². The number of pyridine rings is 1. The Morgan fingerprint density at radius 1 is 0.608 bits per heavy atom. The Kier molecular flexibility index (Phi) is 32.2. The summed E-state index contributed by atoms with van der Waals surface area (Å²) in [4.78, 5) is 76.9. The second-order valence-corrected chi connectivity index (χ2v) is 25.3. The summed E-state index contributed by atoms with van der Waals surface area (Å²) in [5.41, 5.74) is 1.44. The van der Waals surface area contributed by atoms with Crippen molar-refractivity contribution in [3.8, 4) is 23.0 Å². The Morgan fingerprint density at radius 3 is 1.65 bits per heavy atom. The van der Waals surface area contributed by atoms with Gasteiger partial charge in [0.2, 0.25) is 6.10 Å². The molecule has 0 radical (unpaired) electrons. The maximum atomic E-state index is 13.6. The Balaban J connectivity index is 0.00000230. The van der Waals surface area contributed by atoms with Crippen LogP contribution in [0.25, 0.3) is 0 Å². The van der Waals surface area contributed by atoms with Crippen molar-refractivity contribution in [3.63, 3.8) is 0 Å². The van der Waals surface area contributed by atoms with E-state index in [0.717, 1.165) is 82.9 Å². The van der Waals surface area contributed by atoms with Gasteiger partial charge in [-0.1, -0.05) is 49.1 Å². The minimum absolute atomic E-state index is 0.260. The van der Waals surface area contributed by atoms with E-state index in [9.17, 15) is 53.9 Å². The van der Waals surface area contributed by atoms with Gasteiger partial charge in [-0.3, -0.25) is 28.7 Å². The van der Waals surface area contributed by atoms with Crippen molar-refractivity contribution in [2.24, 2.45) is 0 Å². The van der Waals surface area contributed by atoms with Crippen molar-refractivity contribution in [2.75, 3.05) is 99.0 Å². The van der Waals surface area contributed by atoms with Gasteiger partial charge >= 0.3 is 69.2 Å². The summed E-state index contributed by atoms with van der Waals surface area (Å²) < 4.78 is 143. The number of unbranched alkanes of at least 4 members (excludes halogenated alkanes) is 6. The van der Waals surface area contributed by atoms with E-state index in [1.165, 1.54) is 30.8 Å². The summed E-state index contributed by atoms with van der Waals surface area (Å²) in [5.74, 6) is -0.782. The molecular weight excluding hydrogens is 1320 g/mol. The van der Waals surface area contributed by atoms with Crippen LogP contribution in [0.1, 0.15) is 128 Å². The van der Waals surface area contributed by atoms with E-state index in [-0.39, 0.29) is 25.7 Å². The van der Waals surface area contributed by atoms with Crippen LogP contribution >= 0.6 is 7.81 Å². The van der Waals surface area contributed by atoms with Gasteiger partial charge in [0.05, 0.1) is 64.1 Å². The number of benzene rings is 2. The number of amides is 2. The van der Waals surface area contributed by atoms with Crippen LogP contribution in [0, 0.1) is 0 Å². The van der Waals surface area contributed by atoms with Gasteiger partial charge < -0.3 is 76.5 Å². The molecule has 4 aromatic rings. The van der Waals surface area contributed by atoms with Crippen LogP contribution in [0.5, 0.6) is 23.0 Å². The van der Waals surface area contributed by atoms with E-state index < -0.39 is 74.0 Å². The molecule has 26 nitrogen and oxygen atoms in total. The molecule has 1 N–H and O–H groups in total. The first-order valence-corrected chi connectivity index (χ1v) is 34.0. The summed E-state index contributed by atoms with van der Waals surface area (Å²) >= 11 is 0. The van der Waals surface area contributed by atoms with Crippen LogP contribution < -0.4 is 28.8 Å². The van der Waals surface area contributed by atoms with Crippen LogP contribution in [0.15, 0.2) is 73.2 Å². The normalized spacial score (nSPS) is 19.3. The summed E-state index contributed by atoms with van der Waals surface area (Å²) in [7, 11) is -10.7. The molecule has 1 saturated heterocycles. The standard InChI is InChI=1S/C64H90N6O20.F6P/c1-46(71)85-45-57-58(86-47(2)72)59(87-48(3)73)60(88-49(4)74)62(89-57)68-28-23-51(24-29-68)61(75)65-25-15-9-11-17-27-70-44-52(66-67-70)18-12-8-10-16-26-69(63(76)90-64(5,6)7)43-50-21-22-55-56(42-50)84-41-37-80-33-32-78-35-39-82-54-20-14-13-19-53(54)81-38-34-77-30-31-79-36-40-83-55;1-7(2,3,4,5)6/h13-14,19-24,28-29,42,44,57-60,62H,8-12,15-18,25-27,30-41,43,45H2,1-7H3;/q;-1/p+1/t57-,58-,59+,60+,62+;/m1./s1. The molecular formula is C64H91F6N6O20P. The van der Waals surface area contributed by atoms with Gasteiger partial charge in [-0.2, -0.15) is 4.57 Å². The third-order valence-corrected chi connectivity index (χ3v) is 13.7. The number of halogens is 6. The van der Waals surface area contributed by atoms with Crippen molar-refractivity contribution in [2.45, 2.75) is 156 Å². The molecule has 2 aliphatic heterocycles. The topological polar surface area (TPSA) is 281 Å². The first kappa shape index (κ1) is 80.0.